The topological polar surface area (TPSA) is 43.1 Å². The van der Waals surface area contributed by atoms with Gasteiger partial charge in [-0.25, -0.2) is 0 Å². The highest BCUT2D eigenvalue weighted by Gasteiger charge is 2.16. The van der Waals surface area contributed by atoms with Crippen LogP contribution in [-0.2, 0) is 5.33 Å². The monoisotopic (exact) mass is 267 g/mol. The van der Waals surface area contributed by atoms with E-state index < -0.39 is 16.4 Å². The van der Waals surface area contributed by atoms with Crippen molar-refractivity contribution in [1.82, 2.24) is 0 Å². The molecule has 0 N–H and O–H groups in total. The summed E-state index contributed by atoms with van der Waals surface area (Å²) in [6, 6.07) is 2.06. The quantitative estimate of drug-likeness (QED) is 0.469. The van der Waals surface area contributed by atoms with Crippen LogP contribution >= 0.6 is 27.5 Å². The highest BCUT2D eigenvalue weighted by Crippen LogP contribution is 2.27. The first kappa shape index (κ1) is 10.4. The maximum absolute atomic E-state index is 12.9. The lowest BCUT2D eigenvalue weighted by atomic mass is 10.2. The Morgan fingerprint density at radius 2 is 2.23 bits per heavy atom. The fraction of sp³-hybridized carbons (Fsp3) is 0.143. The van der Waals surface area contributed by atoms with E-state index in [0.29, 0.717) is 10.9 Å². The van der Waals surface area contributed by atoms with Crippen LogP contribution in [0, 0.1) is 15.9 Å². The van der Waals surface area contributed by atoms with Crippen LogP contribution in [0.3, 0.4) is 0 Å². The molecule has 6 heteroatoms. The van der Waals surface area contributed by atoms with Crippen LogP contribution in [0.5, 0.6) is 0 Å². The predicted molar refractivity (Wildman–Crippen MR) is 50.7 cm³/mol. The van der Waals surface area contributed by atoms with Gasteiger partial charge in [0.25, 0.3) is 0 Å². The van der Waals surface area contributed by atoms with Crippen molar-refractivity contribution >= 4 is 33.2 Å². The fourth-order valence-corrected chi connectivity index (χ4v) is 1.67. The molecule has 1 aromatic rings. The number of nitro groups is 1. The average Bonchev–Trinajstić information content (AvgIpc) is 2.07. The number of rotatable bonds is 2. The van der Waals surface area contributed by atoms with Gasteiger partial charge in [-0.05, 0) is 11.6 Å². The minimum Gasteiger partial charge on any atom is -0.258 e. The van der Waals surface area contributed by atoms with Crippen LogP contribution in [0.2, 0.25) is 5.02 Å². The summed E-state index contributed by atoms with van der Waals surface area (Å²) in [5.74, 6) is -0.871. The first-order chi connectivity index (χ1) is 6.06. The van der Waals surface area contributed by atoms with E-state index in [9.17, 15) is 14.5 Å². The van der Waals surface area contributed by atoms with E-state index in [2.05, 4.69) is 15.9 Å². The fourth-order valence-electron chi connectivity index (χ4n) is 0.820. The van der Waals surface area contributed by atoms with Crippen molar-refractivity contribution < 1.29 is 9.31 Å². The molecule has 1 rings (SSSR count). The number of nitro benzene ring substituents is 1. The predicted octanol–water partition coefficient (Wildman–Crippen LogP) is 3.28. The molecule has 13 heavy (non-hydrogen) atoms. The minimum absolute atomic E-state index is 0.185. The molecule has 0 radical (unpaired) electrons. The second kappa shape index (κ2) is 4.02. The summed E-state index contributed by atoms with van der Waals surface area (Å²) in [5, 5.41) is 10.8. The molecular formula is C7H4BrClFNO2. The molecule has 0 amide bonds. The number of hydrogen-bond acceptors (Lipinski definition) is 2. The normalized spacial score (nSPS) is 10.1. The van der Waals surface area contributed by atoms with Crippen LogP contribution in [-0.4, -0.2) is 4.92 Å². The van der Waals surface area contributed by atoms with E-state index in [1.54, 1.807) is 0 Å². The lowest BCUT2D eigenvalue weighted by Gasteiger charge is -2.00. The second-order valence-corrected chi connectivity index (χ2v) is 3.25. The summed E-state index contributed by atoms with van der Waals surface area (Å²) in [6.45, 7) is 0. The molecule has 0 aromatic heterocycles. The number of hydrogen-bond donors (Lipinski definition) is 0. The van der Waals surface area contributed by atoms with Crippen molar-refractivity contribution in [3.05, 3.63) is 38.7 Å². The van der Waals surface area contributed by atoms with E-state index in [4.69, 9.17) is 11.6 Å². The third-order valence-electron chi connectivity index (χ3n) is 1.46. The Morgan fingerprint density at radius 1 is 1.62 bits per heavy atom. The Labute approximate surface area is 86.8 Å². The van der Waals surface area contributed by atoms with Gasteiger partial charge in [-0.1, -0.05) is 27.5 Å². The maximum Gasteiger partial charge on any atom is 0.306 e. The Hall–Kier alpha value is -0.680. The lowest BCUT2D eigenvalue weighted by molar-refractivity contribution is -0.387. The van der Waals surface area contributed by atoms with Gasteiger partial charge in [0, 0.05) is 11.4 Å². The Bertz CT molecular complexity index is 359. The van der Waals surface area contributed by atoms with Crippen molar-refractivity contribution in [2.45, 2.75) is 5.33 Å². The molecule has 0 spiro atoms. The van der Waals surface area contributed by atoms with E-state index in [1.165, 1.54) is 0 Å². The highest BCUT2D eigenvalue weighted by atomic mass is 79.9. The van der Waals surface area contributed by atoms with Crippen molar-refractivity contribution in [2.24, 2.45) is 0 Å². The zero-order chi connectivity index (χ0) is 10.0. The van der Waals surface area contributed by atoms with Crippen LogP contribution < -0.4 is 0 Å². The summed E-state index contributed by atoms with van der Waals surface area (Å²) < 4.78 is 12.9. The Balaban J connectivity index is 3.28. The van der Waals surface area contributed by atoms with Crippen molar-refractivity contribution in [3.63, 3.8) is 0 Å². The number of benzene rings is 1. The van der Waals surface area contributed by atoms with Crippen LogP contribution in [0.25, 0.3) is 0 Å². The summed E-state index contributed by atoms with van der Waals surface area (Å²) >= 11 is 8.73. The summed E-state index contributed by atoms with van der Waals surface area (Å²) in [6.07, 6.45) is 0. The Kier molecular flexibility index (Phi) is 3.22. The molecule has 0 bridgehead atoms. The first-order valence-electron chi connectivity index (χ1n) is 3.24. The smallest absolute Gasteiger partial charge is 0.258 e. The minimum atomic E-state index is -0.871. The lowest BCUT2D eigenvalue weighted by Crippen LogP contribution is -1.94. The molecule has 0 saturated heterocycles. The van der Waals surface area contributed by atoms with Crippen LogP contribution in [0.15, 0.2) is 12.1 Å². The number of alkyl halides is 1. The standard InChI is InChI=1S/C7H4BrClFNO2/c8-3-4-1-6(10)7(11(12)13)2-5(4)9/h1-2H,3H2. The van der Waals surface area contributed by atoms with Crippen molar-refractivity contribution in [2.75, 3.05) is 0 Å². The van der Waals surface area contributed by atoms with Gasteiger partial charge in [-0.3, -0.25) is 10.1 Å². The summed E-state index contributed by atoms with van der Waals surface area (Å²) in [7, 11) is 0. The van der Waals surface area contributed by atoms with Crippen molar-refractivity contribution in [1.29, 1.82) is 0 Å². The second-order valence-electron chi connectivity index (χ2n) is 2.29. The van der Waals surface area contributed by atoms with Gasteiger partial charge in [-0.2, -0.15) is 4.39 Å². The average molecular weight is 268 g/mol. The van der Waals surface area contributed by atoms with E-state index in [-0.39, 0.29) is 5.02 Å². The highest BCUT2D eigenvalue weighted by molar-refractivity contribution is 9.08. The summed E-state index contributed by atoms with van der Waals surface area (Å²) in [4.78, 5) is 9.46. The van der Waals surface area contributed by atoms with Gasteiger partial charge in [0.15, 0.2) is 0 Å². The van der Waals surface area contributed by atoms with Gasteiger partial charge >= 0.3 is 5.69 Å². The maximum atomic E-state index is 12.9. The third-order valence-corrected chi connectivity index (χ3v) is 2.41. The zero-order valence-corrected chi connectivity index (χ0v) is 8.60. The molecule has 0 fully saturated rings. The molecule has 0 aliphatic heterocycles. The molecule has 0 atom stereocenters. The van der Waals surface area contributed by atoms with Gasteiger partial charge in [-0.15, -0.1) is 0 Å². The SMILES string of the molecule is O=[N+]([O-])c1cc(Cl)c(CBr)cc1F. The zero-order valence-electron chi connectivity index (χ0n) is 6.26. The van der Waals surface area contributed by atoms with E-state index >= 15 is 0 Å². The molecule has 0 unspecified atom stereocenters. The first-order valence-corrected chi connectivity index (χ1v) is 4.74. The molecular weight excluding hydrogens is 264 g/mol. The molecule has 0 aliphatic carbocycles. The summed E-state index contributed by atoms with van der Waals surface area (Å²) in [5.41, 5.74) is -0.112. The molecule has 3 nitrogen and oxygen atoms in total. The van der Waals surface area contributed by atoms with Gasteiger partial charge in [0.1, 0.15) is 0 Å². The van der Waals surface area contributed by atoms with Gasteiger partial charge in [0.2, 0.25) is 5.82 Å². The third kappa shape index (κ3) is 2.16. The number of nitrogens with zero attached hydrogens (tertiary/aromatic N) is 1. The Morgan fingerprint density at radius 3 is 2.69 bits per heavy atom. The molecule has 1 aromatic carbocycles. The van der Waals surface area contributed by atoms with Crippen LogP contribution in [0.1, 0.15) is 5.56 Å². The molecule has 70 valence electrons. The molecule has 0 heterocycles. The molecule has 0 saturated carbocycles. The van der Waals surface area contributed by atoms with Gasteiger partial charge in [0.05, 0.1) is 9.95 Å². The molecule has 0 aliphatic rings. The van der Waals surface area contributed by atoms with Gasteiger partial charge < -0.3 is 0 Å². The van der Waals surface area contributed by atoms with E-state index in [1.807, 2.05) is 0 Å². The largest absolute Gasteiger partial charge is 0.306 e. The van der Waals surface area contributed by atoms with Crippen LogP contribution in [0.4, 0.5) is 10.1 Å². The van der Waals surface area contributed by atoms with E-state index in [0.717, 1.165) is 12.1 Å². The van der Waals surface area contributed by atoms with Crippen molar-refractivity contribution in [3.8, 4) is 0 Å². The number of halogens is 3.